The Morgan fingerprint density at radius 3 is 2.17 bits per heavy atom. The Kier molecular flexibility index (Phi) is 3.62. The molecule has 1 saturated heterocycles. The lowest BCUT2D eigenvalue weighted by atomic mass is 9.86. The summed E-state index contributed by atoms with van der Waals surface area (Å²) in [6.45, 7) is 2.19. The minimum Gasteiger partial charge on any atom is -0.306 e. The molecule has 0 spiro atoms. The SMILES string of the molecule is CN1CCC(=C2c3ccccc3CC(=O)c3ccccc32)CC1. The van der Waals surface area contributed by atoms with Crippen molar-refractivity contribution in [3.05, 3.63) is 76.4 Å². The van der Waals surface area contributed by atoms with Gasteiger partial charge in [-0.3, -0.25) is 4.79 Å². The first kappa shape index (κ1) is 14.4. The molecule has 2 aliphatic rings. The molecule has 1 heterocycles. The number of rotatable bonds is 0. The number of hydrogen-bond donors (Lipinski definition) is 0. The number of piperidine rings is 1. The van der Waals surface area contributed by atoms with Gasteiger partial charge in [-0.05, 0) is 42.2 Å². The molecule has 0 radical (unpaired) electrons. The first-order chi connectivity index (χ1) is 11.2. The summed E-state index contributed by atoms with van der Waals surface area (Å²) < 4.78 is 0. The highest BCUT2D eigenvalue weighted by atomic mass is 16.1. The van der Waals surface area contributed by atoms with Crippen LogP contribution in [0.4, 0.5) is 0 Å². The standard InChI is InChI=1S/C21H21NO/c1-22-12-10-15(11-13-22)21-17-7-3-2-6-16(17)14-20(23)18-8-4-5-9-19(18)21/h2-9H,10-14H2,1H3. The fourth-order valence-electron chi connectivity index (χ4n) is 3.80. The number of fused-ring (bicyclic) bond motifs is 2. The highest BCUT2D eigenvalue weighted by Crippen LogP contribution is 2.38. The smallest absolute Gasteiger partial charge is 0.167 e. The lowest BCUT2D eigenvalue weighted by Gasteiger charge is -2.27. The fraction of sp³-hybridized carbons (Fsp3) is 0.286. The number of carbonyl (C=O) groups excluding carboxylic acids is 1. The summed E-state index contributed by atoms with van der Waals surface area (Å²) in [4.78, 5) is 15.1. The van der Waals surface area contributed by atoms with Crippen LogP contribution in [0.15, 0.2) is 54.1 Å². The van der Waals surface area contributed by atoms with E-state index in [-0.39, 0.29) is 5.78 Å². The quantitative estimate of drug-likeness (QED) is 0.734. The summed E-state index contributed by atoms with van der Waals surface area (Å²) in [5.74, 6) is 0.233. The van der Waals surface area contributed by atoms with Crippen molar-refractivity contribution in [2.24, 2.45) is 0 Å². The van der Waals surface area contributed by atoms with E-state index in [0.717, 1.165) is 42.6 Å². The summed E-state index contributed by atoms with van der Waals surface area (Å²) in [6.07, 6.45) is 2.68. The molecule has 2 nitrogen and oxygen atoms in total. The van der Waals surface area contributed by atoms with Gasteiger partial charge in [-0.25, -0.2) is 0 Å². The molecule has 4 rings (SSSR count). The number of carbonyl (C=O) groups is 1. The Hall–Kier alpha value is -2.19. The summed E-state index contributed by atoms with van der Waals surface area (Å²) in [5.41, 5.74) is 7.24. The Morgan fingerprint density at radius 1 is 0.826 bits per heavy atom. The molecule has 0 bridgehead atoms. The van der Waals surface area contributed by atoms with Gasteiger partial charge in [-0.1, -0.05) is 54.1 Å². The largest absolute Gasteiger partial charge is 0.306 e. The number of nitrogens with zero attached hydrogens (tertiary/aromatic N) is 1. The fourth-order valence-corrected chi connectivity index (χ4v) is 3.80. The Balaban J connectivity index is 1.98. The first-order valence-corrected chi connectivity index (χ1v) is 8.35. The minimum atomic E-state index is 0.233. The van der Waals surface area contributed by atoms with Crippen LogP contribution >= 0.6 is 0 Å². The van der Waals surface area contributed by atoms with Gasteiger partial charge in [0, 0.05) is 25.1 Å². The van der Waals surface area contributed by atoms with Crippen LogP contribution in [0.1, 0.15) is 39.9 Å². The highest BCUT2D eigenvalue weighted by Gasteiger charge is 2.26. The molecule has 23 heavy (non-hydrogen) atoms. The maximum Gasteiger partial charge on any atom is 0.167 e. The van der Waals surface area contributed by atoms with E-state index in [0.29, 0.717) is 6.42 Å². The molecule has 0 atom stereocenters. The topological polar surface area (TPSA) is 20.3 Å². The van der Waals surface area contributed by atoms with E-state index in [4.69, 9.17) is 0 Å². The first-order valence-electron chi connectivity index (χ1n) is 8.35. The van der Waals surface area contributed by atoms with Crippen LogP contribution < -0.4 is 0 Å². The third kappa shape index (κ3) is 2.53. The Bertz CT molecular complexity index is 793. The van der Waals surface area contributed by atoms with Gasteiger partial charge in [-0.2, -0.15) is 0 Å². The molecule has 116 valence electrons. The number of hydrogen-bond acceptors (Lipinski definition) is 2. The van der Waals surface area contributed by atoms with Gasteiger partial charge in [0.05, 0.1) is 0 Å². The molecule has 0 saturated carbocycles. The van der Waals surface area contributed by atoms with Crippen molar-refractivity contribution >= 4 is 11.4 Å². The molecule has 2 heteroatoms. The molecule has 1 aliphatic heterocycles. The number of Topliss-reactive ketones (excluding diaryl/α,β-unsaturated/α-hetero) is 1. The zero-order valence-electron chi connectivity index (χ0n) is 13.5. The second-order valence-electron chi connectivity index (χ2n) is 6.58. The monoisotopic (exact) mass is 303 g/mol. The maximum absolute atomic E-state index is 12.7. The normalized spacial score (nSPS) is 18.4. The van der Waals surface area contributed by atoms with Crippen molar-refractivity contribution in [2.45, 2.75) is 19.3 Å². The van der Waals surface area contributed by atoms with Gasteiger partial charge < -0.3 is 4.90 Å². The second-order valence-corrected chi connectivity index (χ2v) is 6.58. The molecule has 2 aromatic rings. The Labute approximate surface area is 137 Å². The number of likely N-dealkylation sites (tertiary alicyclic amines) is 1. The lowest BCUT2D eigenvalue weighted by molar-refractivity contribution is 0.0993. The van der Waals surface area contributed by atoms with Gasteiger partial charge in [0.15, 0.2) is 5.78 Å². The van der Waals surface area contributed by atoms with Crippen molar-refractivity contribution in [1.82, 2.24) is 4.90 Å². The molecule has 0 aromatic heterocycles. The van der Waals surface area contributed by atoms with E-state index in [1.807, 2.05) is 18.2 Å². The third-order valence-corrected chi connectivity index (χ3v) is 5.08. The lowest BCUT2D eigenvalue weighted by Crippen LogP contribution is -2.27. The summed E-state index contributed by atoms with van der Waals surface area (Å²) >= 11 is 0. The highest BCUT2D eigenvalue weighted by molar-refractivity contribution is 6.06. The number of ketones is 1. The summed E-state index contributed by atoms with van der Waals surface area (Å²) in [7, 11) is 2.18. The van der Waals surface area contributed by atoms with Gasteiger partial charge in [0.2, 0.25) is 0 Å². The minimum absolute atomic E-state index is 0.233. The van der Waals surface area contributed by atoms with Gasteiger partial charge >= 0.3 is 0 Å². The van der Waals surface area contributed by atoms with Crippen LogP contribution in [0.3, 0.4) is 0 Å². The Morgan fingerprint density at radius 2 is 1.43 bits per heavy atom. The van der Waals surface area contributed by atoms with Crippen LogP contribution in [0.5, 0.6) is 0 Å². The van der Waals surface area contributed by atoms with E-state index < -0.39 is 0 Å². The molecule has 0 amide bonds. The van der Waals surface area contributed by atoms with E-state index in [1.54, 1.807) is 0 Å². The van der Waals surface area contributed by atoms with Crippen molar-refractivity contribution in [3.63, 3.8) is 0 Å². The summed E-state index contributed by atoms with van der Waals surface area (Å²) in [5, 5.41) is 0. The average Bonchev–Trinajstić information content (AvgIpc) is 2.70. The predicted molar refractivity (Wildman–Crippen MR) is 93.7 cm³/mol. The van der Waals surface area contributed by atoms with Crippen molar-refractivity contribution in [3.8, 4) is 0 Å². The van der Waals surface area contributed by atoms with Crippen LogP contribution in [0.2, 0.25) is 0 Å². The molecule has 0 unspecified atom stereocenters. The predicted octanol–water partition coefficient (Wildman–Crippen LogP) is 3.95. The molecule has 0 N–H and O–H groups in total. The zero-order chi connectivity index (χ0) is 15.8. The van der Waals surface area contributed by atoms with Crippen LogP contribution in [0.25, 0.3) is 5.57 Å². The molecule has 1 aliphatic carbocycles. The van der Waals surface area contributed by atoms with Crippen molar-refractivity contribution < 1.29 is 4.79 Å². The zero-order valence-corrected chi connectivity index (χ0v) is 13.5. The van der Waals surface area contributed by atoms with Crippen LogP contribution in [-0.4, -0.2) is 30.8 Å². The van der Waals surface area contributed by atoms with Gasteiger partial charge in [0.1, 0.15) is 0 Å². The molecule has 2 aromatic carbocycles. The number of benzene rings is 2. The molecule has 1 fully saturated rings. The average molecular weight is 303 g/mol. The van der Waals surface area contributed by atoms with E-state index in [1.165, 1.54) is 16.7 Å². The van der Waals surface area contributed by atoms with E-state index >= 15 is 0 Å². The van der Waals surface area contributed by atoms with E-state index in [9.17, 15) is 4.79 Å². The summed E-state index contributed by atoms with van der Waals surface area (Å²) in [6, 6.07) is 16.6. The maximum atomic E-state index is 12.7. The van der Waals surface area contributed by atoms with Gasteiger partial charge in [-0.15, -0.1) is 0 Å². The molecular formula is C21H21NO. The molecular weight excluding hydrogens is 282 g/mol. The van der Waals surface area contributed by atoms with Crippen molar-refractivity contribution in [2.75, 3.05) is 20.1 Å². The van der Waals surface area contributed by atoms with Gasteiger partial charge in [0.25, 0.3) is 0 Å². The van der Waals surface area contributed by atoms with Crippen LogP contribution in [-0.2, 0) is 6.42 Å². The third-order valence-electron chi connectivity index (χ3n) is 5.08. The second kappa shape index (κ2) is 5.78. The van der Waals surface area contributed by atoms with E-state index in [2.05, 4.69) is 42.3 Å². The van der Waals surface area contributed by atoms with Crippen molar-refractivity contribution in [1.29, 1.82) is 0 Å². The van der Waals surface area contributed by atoms with Crippen LogP contribution in [0, 0.1) is 0 Å².